The normalized spacial score (nSPS) is 15.1. The van der Waals surface area contributed by atoms with Gasteiger partial charge in [-0.25, -0.2) is 9.97 Å². The monoisotopic (exact) mass is 460 g/mol. The van der Waals surface area contributed by atoms with Crippen LogP contribution in [0.15, 0.2) is 65.9 Å². The molecular formula is C27H24N8. The van der Waals surface area contributed by atoms with E-state index in [2.05, 4.69) is 68.2 Å². The molecule has 2 aliphatic heterocycles. The summed E-state index contributed by atoms with van der Waals surface area (Å²) in [6.45, 7) is 2.75. The second-order valence-electron chi connectivity index (χ2n) is 9.04. The van der Waals surface area contributed by atoms with Gasteiger partial charge in [0.15, 0.2) is 11.5 Å². The highest BCUT2D eigenvalue weighted by Crippen LogP contribution is 2.31. The summed E-state index contributed by atoms with van der Waals surface area (Å²) in [4.78, 5) is 17.9. The van der Waals surface area contributed by atoms with E-state index in [9.17, 15) is 0 Å². The van der Waals surface area contributed by atoms with Crippen LogP contribution in [0, 0.1) is 0 Å². The molecule has 8 nitrogen and oxygen atoms in total. The summed E-state index contributed by atoms with van der Waals surface area (Å²) >= 11 is 0. The van der Waals surface area contributed by atoms with E-state index in [1.54, 1.807) is 0 Å². The van der Waals surface area contributed by atoms with Gasteiger partial charge in [-0.1, -0.05) is 30.3 Å². The van der Waals surface area contributed by atoms with Crippen molar-refractivity contribution in [3.05, 3.63) is 89.1 Å². The molecule has 0 spiro atoms. The number of H-pyrrole nitrogens is 1. The quantitative estimate of drug-likeness (QED) is 0.329. The summed E-state index contributed by atoms with van der Waals surface area (Å²) in [5, 5.41) is 11.6. The van der Waals surface area contributed by atoms with Crippen LogP contribution in [0.4, 0.5) is 0 Å². The first-order chi connectivity index (χ1) is 17.2. The first-order valence-electron chi connectivity index (χ1n) is 11.8. The molecule has 0 unspecified atom stereocenters. The number of imidazole rings is 1. The third kappa shape index (κ3) is 3.38. The Hall–Kier alpha value is -4.14. The lowest BCUT2D eigenvalue weighted by Gasteiger charge is -2.13. The number of hydrogen-bond acceptors (Lipinski definition) is 6. The zero-order valence-corrected chi connectivity index (χ0v) is 19.3. The molecular weight excluding hydrogens is 436 g/mol. The highest BCUT2D eigenvalue weighted by atomic mass is 15.3. The molecule has 0 radical (unpaired) electrons. The molecule has 6 bridgehead atoms. The van der Waals surface area contributed by atoms with E-state index >= 15 is 0 Å². The van der Waals surface area contributed by atoms with E-state index in [4.69, 9.17) is 9.98 Å². The molecule has 172 valence electrons. The lowest BCUT2D eigenvalue weighted by molar-refractivity contribution is 0.627. The molecule has 5 aromatic rings. The maximum Gasteiger partial charge on any atom is 0.178 e. The number of fused-ring (bicyclic) bond motifs is 8. The maximum atomic E-state index is 4.89. The van der Waals surface area contributed by atoms with Gasteiger partial charge in [0.1, 0.15) is 5.71 Å². The molecule has 0 aliphatic carbocycles. The van der Waals surface area contributed by atoms with Crippen molar-refractivity contribution < 1.29 is 0 Å². The van der Waals surface area contributed by atoms with Gasteiger partial charge in [0.05, 0.1) is 24.1 Å². The Morgan fingerprint density at radius 2 is 1.83 bits per heavy atom. The number of nitrogens with zero attached hydrogens (tertiary/aromatic N) is 5. The van der Waals surface area contributed by atoms with E-state index in [0.717, 1.165) is 63.7 Å². The second kappa shape index (κ2) is 7.97. The summed E-state index contributed by atoms with van der Waals surface area (Å²) in [5.74, 6) is 0.735. The molecule has 7 rings (SSSR count). The summed E-state index contributed by atoms with van der Waals surface area (Å²) in [7, 11) is 2.00. The number of rotatable bonds is 0. The molecule has 0 atom stereocenters. The largest absolute Gasteiger partial charge is 0.335 e. The first kappa shape index (κ1) is 20.3. The van der Waals surface area contributed by atoms with Gasteiger partial charge < -0.3 is 10.3 Å². The van der Waals surface area contributed by atoms with Crippen molar-refractivity contribution in [2.45, 2.75) is 19.6 Å². The average Bonchev–Trinajstić information content (AvgIpc) is 3.40. The highest BCUT2D eigenvalue weighted by Gasteiger charge is 2.21. The van der Waals surface area contributed by atoms with Gasteiger partial charge in [-0.15, -0.1) is 0 Å². The lowest BCUT2D eigenvalue weighted by atomic mass is 9.96. The van der Waals surface area contributed by atoms with Crippen LogP contribution in [-0.2, 0) is 26.7 Å². The van der Waals surface area contributed by atoms with E-state index in [1.807, 2.05) is 30.2 Å². The molecule has 0 saturated heterocycles. The second-order valence-corrected chi connectivity index (χ2v) is 9.04. The highest BCUT2D eigenvalue weighted by molar-refractivity contribution is 6.13. The SMILES string of the molecule is Cn1ncc2c1CNCc1cccc(c1)-c1ccnc3nc([nH]c13)C1=NCNCc3ccc-2cc31. The van der Waals surface area contributed by atoms with Gasteiger partial charge in [0.2, 0.25) is 0 Å². The Morgan fingerprint density at radius 3 is 2.80 bits per heavy atom. The fourth-order valence-corrected chi connectivity index (χ4v) is 5.08. The van der Waals surface area contributed by atoms with E-state index < -0.39 is 0 Å². The first-order valence-corrected chi connectivity index (χ1v) is 11.8. The molecule has 2 aromatic carbocycles. The molecule has 3 aromatic heterocycles. The number of nitrogens with one attached hydrogen (secondary N) is 3. The number of hydrogen-bond donors (Lipinski definition) is 3. The Kier molecular flexibility index (Phi) is 4.61. The minimum absolute atomic E-state index is 0.529. The topological polar surface area (TPSA) is 95.8 Å². The van der Waals surface area contributed by atoms with E-state index in [0.29, 0.717) is 18.9 Å². The lowest BCUT2D eigenvalue weighted by Crippen LogP contribution is -2.16. The van der Waals surface area contributed by atoms with Crippen molar-refractivity contribution in [1.82, 2.24) is 35.4 Å². The average molecular weight is 461 g/mol. The van der Waals surface area contributed by atoms with Crippen molar-refractivity contribution in [3.8, 4) is 22.3 Å². The number of pyridine rings is 1. The number of benzene rings is 2. The van der Waals surface area contributed by atoms with Gasteiger partial charge in [-0.05, 0) is 40.5 Å². The minimum atomic E-state index is 0.529. The van der Waals surface area contributed by atoms with Crippen LogP contribution in [-0.4, -0.2) is 37.1 Å². The maximum absolute atomic E-state index is 4.89. The summed E-state index contributed by atoms with van der Waals surface area (Å²) in [6.07, 6.45) is 3.78. The van der Waals surface area contributed by atoms with Crippen LogP contribution in [0.5, 0.6) is 0 Å². The number of aromatic amines is 1. The Labute approximate surface area is 202 Å². The Balaban J connectivity index is 1.50. The van der Waals surface area contributed by atoms with Crippen LogP contribution >= 0.6 is 0 Å². The molecule has 0 fully saturated rings. The van der Waals surface area contributed by atoms with Gasteiger partial charge in [0.25, 0.3) is 0 Å². The number of aromatic nitrogens is 5. The van der Waals surface area contributed by atoms with Gasteiger partial charge >= 0.3 is 0 Å². The van der Waals surface area contributed by atoms with Crippen LogP contribution in [0.25, 0.3) is 33.4 Å². The van der Waals surface area contributed by atoms with Crippen LogP contribution in [0.2, 0.25) is 0 Å². The van der Waals surface area contributed by atoms with Crippen molar-refractivity contribution in [1.29, 1.82) is 0 Å². The Morgan fingerprint density at radius 1 is 0.886 bits per heavy atom. The standard InChI is InChI=1S/C27H24N8/c1-35-23-14-28-11-16-3-2-4-17(9-16)20-7-8-30-26-25(20)33-27(34-26)24-21-10-18(22(23)13-32-35)5-6-19(21)12-29-15-31-24/h2-10,13,28-29H,11-12,14-15H2,1H3,(H,30,33,34). The molecule has 35 heavy (non-hydrogen) atoms. The fourth-order valence-electron chi connectivity index (χ4n) is 5.08. The third-order valence-electron chi connectivity index (χ3n) is 6.88. The predicted molar refractivity (Wildman–Crippen MR) is 136 cm³/mol. The summed E-state index contributed by atoms with van der Waals surface area (Å²) < 4.78 is 1.95. The molecule has 0 amide bonds. The van der Waals surface area contributed by atoms with E-state index in [1.165, 1.54) is 11.1 Å². The van der Waals surface area contributed by atoms with E-state index in [-0.39, 0.29) is 0 Å². The fraction of sp³-hybridized carbons (Fsp3) is 0.185. The van der Waals surface area contributed by atoms with Gasteiger partial charge in [0, 0.05) is 49.6 Å². The molecule has 2 aliphatic rings. The molecule has 3 N–H and O–H groups in total. The van der Waals surface area contributed by atoms with Crippen LogP contribution in [0.3, 0.4) is 0 Å². The molecule has 8 heteroatoms. The predicted octanol–water partition coefficient (Wildman–Crippen LogP) is 3.53. The zero-order chi connectivity index (χ0) is 23.4. The van der Waals surface area contributed by atoms with Crippen LogP contribution in [0.1, 0.15) is 28.2 Å². The van der Waals surface area contributed by atoms with Crippen molar-refractivity contribution in [2.24, 2.45) is 12.0 Å². The Bertz CT molecular complexity index is 1620. The minimum Gasteiger partial charge on any atom is -0.335 e. The molecule has 5 heterocycles. The van der Waals surface area contributed by atoms with Crippen LogP contribution < -0.4 is 10.6 Å². The zero-order valence-electron chi connectivity index (χ0n) is 19.3. The number of aliphatic imine (C=N–C) groups is 1. The van der Waals surface area contributed by atoms with Gasteiger partial charge in [-0.3, -0.25) is 15.0 Å². The number of aryl methyl sites for hydroxylation is 1. The summed E-state index contributed by atoms with van der Waals surface area (Å²) in [6, 6.07) is 17.2. The summed E-state index contributed by atoms with van der Waals surface area (Å²) in [5.41, 5.74) is 11.5. The molecule has 0 saturated carbocycles. The van der Waals surface area contributed by atoms with Crippen molar-refractivity contribution in [2.75, 3.05) is 6.67 Å². The smallest absolute Gasteiger partial charge is 0.178 e. The van der Waals surface area contributed by atoms with Crippen molar-refractivity contribution >= 4 is 16.9 Å². The third-order valence-corrected chi connectivity index (χ3v) is 6.88. The van der Waals surface area contributed by atoms with Gasteiger partial charge in [-0.2, -0.15) is 5.10 Å². The van der Waals surface area contributed by atoms with Crippen molar-refractivity contribution in [3.63, 3.8) is 0 Å².